The first-order valence-electron chi connectivity index (χ1n) is 25.3. The molecule has 1 amide bonds. The Morgan fingerprint density at radius 3 is 2.78 bits per heavy atom. The van der Waals surface area contributed by atoms with Gasteiger partial charge >= 0.3 is 0 Å². The number of aliphatic hydroxyl groups excluding tert-OH is 2. The molecule has 1 aromatic heterocycles. The molecule has 15 nitrogen and oxygen atoms in total. The average molecular weight is 978 g/mol. The van der Waals surface area contributed by atoms with Crippen LogP contribution in [0.15, 0.2) is 54.7 Å². The van der Waals surface area contributed by atoms with E-state index in [1.54, 1.807) is 26.4 Å². The van der Waals surface area contributed by atoms with Crippen LogP contribution in [-0.2, 0) is 44.9 Å². The van der Waals surface area contributed by atoms with E-state index >= 15 is 4.79 Å². The van der Waals surface area contributed by atoms with E-state index in [1.807, 2.05) is 30.5 Å². The number of carbonyl (C=O) groups is 2. The fraction of sp³-hybridized carbons (Fsp3) is 0.439. The lowest BCUT2D eigenvalue weighted by molar-refractivity contribution is -0.328. The Balaban J connectivity index is 1.09. The third-order valence-corrected chi connectivity index (χ3v) is 16.2. The molecule has 0 spiro atoms. The minimum atomic E-state index is -2.46. The number of aryl methyl sites for hydroxylation is 1. The van der Waals surface area contributed by atoms with Crippen LogP contribution >= 0.6 is 0 Å². The zero-order valence-electron chi connectivity index (χ0n) is 40.4. The molecule has 8 bridgehead atoms. The highest BCUT2D eigenvalue weighted by atomic mass is 16.7. The van der Waals surface area contributed by atoms with Crippen LogP contribution in [0.25, 0.3) is 33.3 Å². The predicted molar refractivity (Wildman–Crippen MR) is 267 cm³/mol. The number of rotatable bonds is 10. The van der Waals surface area contributed by atoms with Crippen molar-refractivity contribution in [2.75, 3.05) is 47.1 Å². The summed E-state index contributed by atoms with van der Waals surface area (Å²) in [5.41, 5.74) is 6.22. The maximum atomic E-state index is 15.4. The van der Waals surface area contributed by atoms with Crippen molar-refractivity contribution in [3.63, 3.8) is 0 Å². The molecule has 3 aliphatic carbocycles. The number of amides is 1. The van der Waals surface area contributed by atoms with Crippen LogP contribution < -0.4 is 14.8 Å². The molecule has 1 saturated heterocycles. The number of allylic oxidation sites excluding steroid dienone is 2. The standard InChI is InChI=1S/C57H59N3O12/c1-67-20-4-3-19-58-24-30-13-17-41-38(22-30)39(25-59-41)43-18-16-37-52(68-2)36-15-14-33-23-32-9-6-11-34(32)46-45(33)47(36)49-51(64)48(46)42(62)27-60-26-40-31(8-5-12-35(40)55(60)65)10-7-21-69-54-50(63)44(28-70-43)71-56(72-53(37)49)57(54,66)29-61/h5,8,12-13,16-18,22-23,25,32,34,43-44,50,54,56,58-59,61,63-64,66H,3-4,6,9-11,14-15,19-20,24,26-29H2,1-2H3. The van der Waals surface area contributed by atoms with Gasteiger partial charge in [0.1, 0.15) is 41.7 Å². The summed E-state index contributed by atoms with van der Waals surface area (Å²) in [5.74, 6) is 2.55. The first-order chi connectivity index (χ1) is 35.1. The van der Waals surface area contributed by atoms with Crippen LogP contribution in [0.1, 0.15) is 116 Å². The van der Waals surface area contributed by atoms with Crippen LogP contribution in [0.4, 0.5) is 0 Å². The normalized spacial score (nSPS) is 27.0. The number of unbranched alkanes of at least 4 members (excludes halogenated alkanes) is 1. The SMILES string of the molecule is COCCCCNCc1ccc2[nH]cc(C3C=Cc4c(OC)c5c6c7c(c8c(O)c6c4OC4OC(CO3)C(O)C(OC#CCc3cccc6c3CN(CC8=O)C6=O)C4(O)CO)C3CCCC3C=C7CC5)c2c1. The second-order valence-electron chi connectivity index (χ2n) is 20.3. The van der Waals surface area contributed by atoms with Gasteiger partial charge in [-0.25, -0.2) is 0 Å². The van der Waals surface area contributed by atoms with E-state index in [-0.39, 0.29) is 66.3 Å². The number of fused-ring (bicyclic) bond motifs is 8. The van der Waals surface area contributed by atoms with E-state index in [0.717, 1.165) is 94.1 Å². The Hall–Kier alpha value is -6.22. The minimum Gasteiger partial charge on any atom is -0.506 e. The molecule has 8 atom stereocenters. The highest BCUT2D eigenvalue weighted by molar-refractivity contribution is 6.17. The van der Waals surface area contributed by atoms with Gasteiger partial charge in [0.25, 0.3) is 5.91 Å². The second-order valence-corrected chi connectivity index (χ2v) is 20.3. The van der Waals surface area contributed by atoms with Crippen molar-refractivity contribution in [3.8, 4) is 29.3 Å². The summed E-state index contributed by atoms with van der Waals surface area (Å²) in [6, 6.07) is 11.6. The Morgan fingerprint density at radius 2 is 1.93 bits per heavy atom. The molecule has 1 saturated carbocycles. The number of aromatic nitrogens is 1. The summed E-state index contributed by atoms with van der Waals surface area (Å²) in [6.45, 7) is 0.837. The number of ketones is 1. The molecule has 0 radical (unpaired) electrons. The number of hydrogen-bond donors (Lipinski definition) is 6. The summed E-state index contributed by atoms with van der Waals surface area (Å²) in [5, 5.41) is 54.7. The maximum Gasteiger partial charge on any atom is 0.254 e. The number of Topliss-reactive ketones (excluding diaryl/α,β-unsaturated/α-hetero) is 1. The fourth-order valence-electron chi connectivity index (χ4n) is 12.7. The number of phenolic OH excluding ortho intramolecular Hbond substituents is 1. The fourth-order valence-corrected chi connectivity index (χ4v) is 12.7. The van der Waals surface area contributed by atoms with Gasteiger partial charge in [-0.3, -0.25) is 9.59 Å². The van der Waals surface area contributed by atoms with Crippen LogP contribution in [0, 0.1) is 17.9 Å². The van der Waals surface area contributed by atoms with Gasteiger partial charge in [-0.05, 0) is 115 Å². The number of methoxy groups -OCH3 is 2. The molecule has 7 aliphatic rings. The quantitative estimate of drug-likeness (QED) is 0.0656. The molecule has 72 heavy (non-hydrogen) atoms. The molecular formula is C57H59N3O12. The number of aliphatic hydroxyl groups is 3. The van der Waals surface area contributed by atoms with Crippen LogP contribution in [0.2, 0.25) is 0 Å². The Morgan fingerprint density at radius 1 is 1.04 bits per heavy atom. The number of aromatic hydroxyl groups is 1. The lowest BCUT2D eigenvalue weighted by Gasteiger charge is -2.47. The van der Waals surface area contributed by atoms with Crippen molar-refractivity contribution in [2.24, 2.45) is 5.92 Å². The highest BCUT2D eigenvalue weighted by Crippen LogP contribution is 2.60. The minimum absolute atomic E-state index is 0.0108. The van der Waals surface area contributed by atoms with Gasteiger partial charge in [0.15, 0.2) is 17.5 Å². The second kappa shape index (κ2) is 18.7. The van der Waals surface area contributed by atoms with Crippen LogP contribution in [-0.4, -0.2) is 119 Å². The number of nitrogens with zero attached hydrogens (tertiary/aromatic N) is 1. The van der Waals surface area contributed by atoms with E-state index in [0.29, 0.717) is 48.3 Å². The lowest BCUT2D eigenvalue weighted by atomic mass is 9.69. The van der Waals surface area contributed by atoms with E-state index in [2.05, 4.69) is 40.5 Å². The van der Waals surface area contributed by atoms with Gasteiger partial charge in [-0.1, -0.05) is 42.7 Å². The summed E-state index contributed by atoms with van der Waals surface area (Å²) in [6.07, 6.45) is 9.58. The van der Waals surface area contributed by atoms with Gasteiger partial charge < -0.3 is 64.0 Å². The molecular weight excluding hydrogens is 919 g/mol. The number of aromatic amines is 1. The molecule has 8 unspecified atom stereocenters. The topological polar surface area (TPSA) is 202 Å². The monoisotopic (exact) mass is 977 g/mol. The zero-order valence-corrected chi connectivity index (χ0v) is 40.4. The van der Waals surface area contributed by atoms with Gasteiger partial charge in [0.05, 0.1) is 43.4 Å². The van der Waals surface area contributed by atoms with Crippen molar-refractivity contribution < 1.29 is 58.4 Å². The molecule has 374 valence electrons. The number of ether oxygens (including phenoxy) is 6. The van der Waals surface area contributed by atoms with Crippen molar-refractivity contribution in [2.45, 2.75) is 107 Å². The van der Waals surface area contributed by atoms with Gasteiger partial charge in [0, 0.05) is 72.4 Å². The molecule has 4 aromatic carbocycles. The number of hydrogen-bond acceptors (Lipinski definition) is 13. The first-order valence-corrected chi connectivity index (χ1v) is 25.3. The predicted octanol–water partition coefficient (Wildman–Crippen LogP) is 6.49. The zero-order chi connectivity index (χ0) is 49.4. The van der Waals surface area contributed by atoms with E-state index in [4.69, 9.17) is 28.4 Å². The molecule has 6 N–H and O–H groups in total. The first kappa shape index (κ1) is 46.8. The van der Waals surface area contributed by atoms with Crippen molar-refractivity contribution in [1.29, 1.82) is 0 Å². The third-order valence-electron chi connectivity index (χ3n) is 16.2. The maximum absolute atomic E-state index is 15.4. The Labute approximate surface area is 416 Å². The van der Waals surface area contributed by atoms with E-state index in [9.17, 15) is 25.2 Å². The number of carbonyl (C=O) groups excluding carboxylic acids is 2. The average Bonchev–Trinajstić information content (AvgIpc) is 4.12. The molecule has 4 aliphatic heterocycles. The molecule has 5 aromatic rings. The largest absolute Gasteiger partial charge is 0.506 e. The summed E-state index contributed by atoms with van der Waals surface area (Å²) < 4.78 is 38.1. The van der Waals surface area contributed by atoms with E-state index < -0.39 is 48.7 Å². The molecule has 12 rings (SSSR count). The van der Waals surface area contributed by atoms with E-state index in [1.165, 1.54) is 4.90 Å². The summed E-state index contributed by atoms with van der Waals surface area (Å²) >= 11 is 0. The van der Waals surface area contributed by atoms with Gasteiger partial charge in [0.2, 0.25) is 6.29 Å². The molecule has 2 fully saturated rings. The highest BCUT2D eigenvalue weighted by Gasteiger charge is 2.59. The van der Waals surface area contributed by atoms with Gasteiger partial charge in [-0.2, -0.15) is 0 Å². The van der Waals surface area contributed by atoms with Crippen LogP contribution in [0.5, 0.6) is 17.2 Å². The van der Waals surface area contributed by atoms with Crippen molar-refractivity contribution in [3.05, 3.63) is 110 Å². The number of benzene rings is 4. The lowest BCUT2D eigenvalue weighted by Crippen LogP contribution is -2.70. The van der Waals surface area contributed by atoms with Crippen LogP contribution in [0.3, 0.4) is 0 Å². The molecule has 15 heteroatoms. The Kier molecular flexibility index (Phi) is 12.1. The summed E-state index contributed by atoms with van der Waals surface area (Å²) in [4.78, 5) is 34.5. The number of phenols is 1. The number of nitrogens with one attached hydrogen (secondary N) is 2. The summed E-state index contributed by atoms with van der Waals surface area (Å²) in [7, 11) is 3.29. The third kappa shape index (κ3) is 7.52. The smallest absolute Gasteiger partial charge is 0.254 e. The Bertz CT molecular complexity index is 3160. The van der Waals surface area contributed by atoms with Gasteiger partial charge in [-0.15, -0.1) is 0 Å². The number of H-pyrrole nitrogens is 1. The molecule has 5 heterocycles. The van der Waals surface area contributed by atoms with Crippen molar-refractivity contribution >= 4 is 45.0 Å². The van der Waals surface area contributed by atoms with Crippen molar-refractivity contribution in [1.82, 2.24) is 15.2 Å².